The Bertz CT molecular complexity index is 942. The van der Waals surface area contributed by atoms with Gasteiger partial charge in [0, 0.05) is 17.5 Å². The van der Waals surface area contributed by atoms with E-state index in [1.165, 1.54) is 12.1 Å². The van der Waals surface area contributed by atoms with Gasteiger partial charge in [-0.15, -0.1) is 0 Å². The Morgan fingerprint density at radius 2 is 1.78 bits per heavy atom. The number of hydrogen-bond donors (Lipinski definition) is 1. The summed E-state index contributed by atoms with van der Waals surface area (Å²) in [7, 11) is -3.68. The van der Waals surface area contributed by atoms with Crippen molar-refractivity contribution in [1.82, 2.24) is 0 Å². The molecule has 0 bridgehead atoms. The molecular formula is C20H22ClNO3S2. The van der Waals surface area contributed by atoms with Gasteiger partial charge in [-0.3, -0.25) is 0 Å². The SMILES string of the molecule is CCOCC1(C(N)=S)C(c2ccc(C)cc2)C1S(=O)(=O)c1ccc(Cl)cc1. The van der Waals surface area contributed by atoms with Crippen LogP contribution >= 0.6 is 23.8 Å². The highest BCUT2D eigenvalue weighted by Gasteiger charge is 2.73. The molecular weight excluding hydrogens is 402 g/mol. The summed E-state index contributed by atoms with van der Waals surface area (Å²) >= 11 is 11.3. The van der Waals surface area contributed by atoms with Crippen molar-refractivity contribution >= 4 is 38.6 Å². The highest BCUT2D eigenvalue weighted by atomic mass is 35.5. The van der Waals surface area contributed by atoms with Gasteiger partial charge in [0.25, 0.3) is 0 Å². The lowest BCUT2D eigenvalue weighted by Gasteiger charge is -2.17. The van der Waals surface area contributed by atoms with E-state index in [0.717, 1.165) is 11.1 Å². The Hall–Kier alpha value is -1.47. The van der Waals surface area contributed by atoms with Crippen LogP contribution in [0.1, 0.15) is 24.0 Å². The number of hydrogen-bond acceptors (Lipinski definition) is 4. The molecule has 0 spiro atoms. The third-order valence-corrected chi connectivity index (χ3v) is 8.10. The van der Waals surface area contributed by atoms with Crippen LogP contribution in [0.5, 0.6) is 0 Å². The molecule has 1 fully saturated rings. The molecule has 3 unspecified atom stereocenters. The van der Waals surface area contributed by atoms with E-state index in [9.17, 15) is 8.42 Å². The first-order valence-corrected chi connectivity index (χ1v) is 11.0. The minimum Gasteiger partial charge on any atom is -0.393 e. The average molecular weight is 424 g/mol. The van der Waals surface area contributed by atoms with Gasteiger partial charge >= 0.3 is 0 Å². The van der Waals surface area contributed by atoms with E-state index in [-0.39, 0.29) is 22.4 Å². The fourth-order valence-electron chi connectivity index (χ4n) is 3.69. The third kappa shape index (κ3) is 3.51. The van der Waals surface area contributed by atoms with E-state index in [1.807, 2.05) is 38.1 Å². The molecule has 1 saturated carbocycles. The molecule has 3 rings (SSSR count). The van der Waals surface area contributed by atoms with Gasteiger partial charge in [0.05, 0.1) is 27.2 Å². The standard InChI is InChI=1S/C20H22ClNO3S2/c1-3-25-12-20(19(22)26)17(14-6-4-13(2)5-7-14)18(20)27(23,24)16-10-8-15(21)9-11-16/h4-11,17-18H,3,12H2,1-2H3,(H2,22,26). The molecule has 144 valence electrons. The van der Waals surface area contributed by atoms with Gasteiger partial charge in [-0.25, -0.2) is 8.42 Å². The smallest absolute Gasteiger partial charge is 0.182 e. The van der Waals surface area contributed by atoms with Gasteiger partial charge < -0.3 is 10.5 Å². The Labute approximate surface area is 170 Å². The van der Waals surface area contributed by atoms with Crippen molar-refractivity contribution in [3.8, 4) is 0 Å². The highest BCUT2D eigenvalue weighted by Crippen LogP contribution is 2.64. The van der Waals surface area contributed by atoms with Crippen molar-refractivity contribution in [2.75, 3.05) is 13.2 Å². The minimum atomic E-state index is -3.68. The fourth-order valence-corrected chi connectivity index (χ4v) is 6.58. The second kappa shape index (κ2) is 7.51. The molecule has 2 aromatic carbocycles. The molecule has 0 heterocycles. The summed E-state index contributed by atoms with van der Waals surface area (Å²) in [5.74, 6) is -0.345. The van der Waals surface area contributed by atoms with Gasteiger partial charge in [0.15, 0.2) is 9.84 Å². The second-order valence-electron chi connectivity index (χ2n) is 6.85. The summed E-state index contributed by atoms with van der Waals surface area (Å²) in [4.78, 5) is 0.382. The number of rotatable bonds is 7. The van der Waals surface area contributed by atoms with Gasteiger partial charge in [-0.05, 0) is 43.7 Å². The first kappa shape index (κ1) is 20.3. The number of thiocarbonyl (C=S) groups is 1. The molecule has 4 nitrogen and oxygen atoms in total. The van der Waals surface area contributed by atoms with Crippen LogP contribution in [0.15, 0.2) is 53.4 Å². The molecule has 0 amide bonds. The lowest BCUT2D eigenvalue weighted by Crippen LogP contribution is -2.33. The molecule has 0 aliphatic heterocycles. The zero-order chi connectivity index (χ0) is 19.8. The van der Waals surface area contributed by atoms with Crippen LogP contribution in [0.2, 0.25) is 5.02 Å². The number of benzene rings is 2. The third-order valence-electron chi connectivity index (χ3n) is 5.17. The highest BCUT2D eigenvalue weighted by molar-refractivity contribution is 7.92. The number of halogens is 1. The summed E-state index contributed by atoms with van der Waals surface area (Å²) in [5, 5.41) is -0.285. The van der Waals surface area contributed by atoms with E-state index >= 15 is 0 Å². The first-order chi connectivity index (χ1) is 12.7. The van der Waals surface area contributed by atoms with Crippen LogP contribution in [0.25, 0.3) is 0 Å². The summed E-state index contributed by atoms with van der Waals surface area (Å²) in [5.41, 5.74) is 7.17. The first-order valence-electron chi connectivity index (χ1n) is 8.69. The Morgan fingerprint density at radius 1 is 1.19 bits per heavy atom. The maximum absolute atomic E-state index is 13.4. The Balaban J connectivity index is 2.10. The van der Waals surface area contributed by atoms with E-state index in [1.54, 1.807) is 12.1 Å². The van der Waals surface area contributed by atoms with Crippen molar-refractivity contribution in [1.29, 1.82) is 0 Å². The van der Waals surface area contributed by atoms with E-state index in [0.29, 0.717) is 11.6 Å². The Morgan fingerprint density at radius 3 is 2.30 bits per heavy atom. The van der Waals surface area contributed by atoms with Crippen molar-refractivity contribution in [3.05, 3.63) is 64.7 Å². The zero-order valence-electron chi connectivity index (χ0n) is 15.2. The molecule has 0 saturated heterocycles. The van der Waals surface area contributed by atoms with Crippen LogP contribution in [-0.4, -0.2) is 31.9 Å². The Kier molecular flexibility index (Phi) is 5.64. The molecule has 0 radical (unpaired) electrons. The normalized spacial score (nSPS) is 24.6. The maximum Gasteiger partial charge on any atom is 0.182 e. The van der Waals surface area contributed by atoms with Crippen molar-refractivity contribution < 1.29 is 13.2 Å². The largest absolute Gasteiger partial charge is 0.393 e. The quantitative estimate of drug-likeness (QED) is 0.684. The van der Waals surface area contributed by atoms with Crippen LogP contribution in [0, 0.1) is 12.3 Å². The van der Waals surface area contributed by atoms with Gasteiger partial charge in [0.2, 0.25) is 0 Å². The predicted octanol–water partition coefficient (Wildman–Crippen LogP) is 3.90. The number of ether oxygens (including phenoxy) is 1. The minimum absolute atomic E-state index is 0.170. The molecule has 3 atom stereocenters. The van der Waals surface area contributed by atoms with E-state index in [2.05, 4.69) is 0 Å². The van der Waals surface area contributed by atoms with Crippen molar-refractivity contribution in [3.63, 3.8) is 0 Å². The predicted molar refractivity (Wildman–Crippen MR) is 112 cm³/mol. The monoisotopic (exact) mass is 423 g/mol. The summed E-state index contributed by atoms with van der Waals surface area (Å²) in [6, 6.07) is 14.0. The molecule has 2 N–H and O–H groups in total. The van der Waals surface area contributed by atoms with E-state index < -0.39 is 20.5 Å². The number of aryl methyl sites for hydroxylation is 1. The van der Waals surface area contributed by atoms with Crippen LogP contribution in [-0.2, 0) is 14.6 Å². The number of nitrogens with two attached hydrogens (primary N) is 1. The van der Waals surface area contributed by atoms with Crippen molar-refractivity contribution in [2.45, 2.75) is 29.9 Å². The van der Waals surface area contributed by atoms with Gasteiger partial charge in [-0.1, -0.05) is 53.6 Å². The van der Waals surface area contributed by atoms with Gasteiger partial charge in [0.1, 0.15) is 0 Å². The molecule has 7 heteroatoms. The second-order valence-corrected chi connectivity index (χ2v) is 9.80. The summed E-state index contributed by atoms with van der Waals surface area (Å²) in [6.07, 6.45) is 0. The molecule has 27 heavy (non-hydrogen) atoms. The summed E-state index contributed by atoms with van der Waals surface area (Å²) < 4.78 is 32.5. The maximum atomic E-state index is 13.4. The van der Waals surface area contributed by atoms with Gasteiger partial charge in [-0.2, -0.15) is 0 Å². The van der Waals surface area contributed by atoms with Crippen LogP contribution in [0.4, 0.5) is 0 Å². The fraction of sp³-hybridized carbons (Fsp3) is 0.350. The van der Waals surface area contributed by atoms with E-state index in [4.69, 9.17) is 34.3 Å². The molecule has 0 aromatic heterocycles. The molecule has 1 aliphatic carbocycles. The van der Waals surface area contributed by atoms with Crippen LogP contribution < -0.4 is 5.73 Å². The van der Waals surface area contributed by atoms with Crippen molar-refractivity contribution in [2.24, 2.45) is 11.1 Å². The number of sulfone groups is 1. The summed E-state index contributed by atoms with van der Waals surface area (Å²) in [6.45, 7) is 4.48. The average Bonchev–Trinajstić information content (AvgIpc) is 3.32. The zero-order valence-corrected chi connectivity index (χ0v) is 17.6. The molecule has 2 aromatic rings. The molecule has 1 aliphatic rings. The van der Waals surface area contributed by atoms with Crippen LogP contribution in [0.3, 0.4) is 0 Å². The lowest BCUT2D eigenvalue weighted by atomic mass is 9.99. The lowest BCUT2D eigenvalue weighted by molar-refractivity contribution is 0.121. The topological polar surface area (TPSA) is 69.4 Å².